The number of nitrogens with two attached hydrogens (primary N) is 1. The third-order valence-corrected chi connectivity index (χ3v) is 8.08. The zero-order valence-electron chi connectivity index (χ0n) is 24.9. The summed E-state index contributed by atoms with van der Waals surface area (Å²) in [6.45, 7) is 16.6. The van der Waals surface area contributed by atoms with Crippen LogP contribution in [0.5, 0.6) is 0 Å². The van der Waals surface area contributed by atoms with Gasteiger partial charge in [0.05, 0.1) is 22.8 Å². The van der Waals surface area contributed by atoms with Crippen molar-refractivity contribution < 1.29 is 27.3 Å². The minimum absolute atomic E-state index is 0.189. The molecule has 39 heavy (non-hydrogen) atoms. The minimum Gasteiger partial charge on any atom is -0.450 e. The Balaban J connectivity index is 2.40. The van der Waals surface area contributed by atoms with Gasteiger partial charge in [-0.1, -0.05) is 60.7 Å². The topological polar surface area (TPSA) is 109 Å². The smallest absolute Gasteiger partial charge is 0.450 e. The molecule has 0 aliphatic heterocycles. The Bertz CT molecular complexity index is 1020. The highest BCUT2D eigenvalue weighted by atomic mass is 28.4. The van der Waals surface area contributed by atoms with Crippen LogP contribution in [0.2, 0.25) is 0 Å². The lowest BCUT2D eigenvalue weighted by Crippen LogP contribution is -2.62. The lowest BCUT2D eigenvalue weighted by molar-refractivity contribution is -0.164. The van der Waals surface area contributed by atoms with Crippen molar-refractivity contribution in [3.8, 4) is 0 Å². The third kappa shape index (κ3) is 12.4. The van der Waals surface area contributed by atoms with Crippen LogP contribution >= 0.6 is 0 Å². The summed E-state index contributed by atoms with van der Waals surface area (Å²) in [4.78, 5) is 27.0. The lowest BCUT2D eigenvalue weighted by atomic mass is 10.0. The van der Waals surface area contributed by atoms with E-state index >= 15 is 0 Å². The quantitative estimate of drug-likeness (QED) is 0.385. The second-order valence-electron chi connectivity index (χ2n) is 12.6. The van der Waals surface area contributed by atoms with Gasteiger partial charge in [-0.3, -0.25) is 9.59 Å². The molecule has 0 aliphatic carbocycles. The highest BCUT2D eigenvalue weighted by Gasteiger charge is 2.58. The van der Waals surface area contributed by atoms with Crippen molar-refractivity contribution >= 4 is 20.9 Å². The van der Waals surface area contributed by atoms with Gasteiger partial charge >= 0.3 is 15.0 Å². The van der Waals surface area contributed by atoms with Crippen molar-refractivity contribution in [1.29, 1.82) is 0 Å². The van der Waals surface area contributed by atoms with Crippen LogP contribution in [0.25, 0.3) is 0 Å². The molecule has 9 heteroatoms. The molecule has 3 N–H and O–H groups in total. The van der Waals surface area contributed by atoms with Crippen LogP contribution in [0.15, 0.2) is 60.7 Å². The summed E-state index contributed by atoms with van der Waals surface area (Å²) < 4.78 is 25.0. The van der Waals surface area contributed by atoms with E-state index in [4.69, 9.17) is 23.4 Å². The van der Waals surface area contributed by atoms with Crippen LogP contribution in [0.4, 0.5) is 0 Å². The van der Waals surface area contributed by atoms with E-state index in [1.54, 1.807) is 0 Å². The fourth-order valence-corrected chi connectivity index (χ4v) is 6.62. The predicted octanol–water partition coefficient (Wildman–Crippen LogP) is 4.71. The number of benzene rings is 2. The van der Waals surface area contributed by atoms with Crippen molar-refractivity contribution in [3.63, 3.8) is 0 Å². The molecule has 0 saturated carbocycles. The van der Waals surface area contributed by atoms with Gasteiger partial charge in [0.25, 0.3) is 0 Å². The van der Waals surface area contributed by atoms with Crippen LogP contribution < -0.4 is 11.1 Å². The second-order valence-corrected chi connectivity index (χ2v) is 14.4. The van der Waals surface area contributed by atoms with Crippen LogP contribution in [0.3, 0.4) is 0 Å². The fourth-order valence-electron chi connectivity index (χ4n) is 3.73. The van der Waals surface area contributed by atoms with E-state index in [9.17, 15) is 9.59 Å². The maximum Gasteiger partial charge on any atom is 0.752 e. The molecule has 2 rings (SSSR count). The summed E-state index contributed by atoms with van der Waals surface area (Å²) in [6, 6.07) is 17.0. The van der Waals surface area contributed by atoms with Gasteiger partial charge in [0.15, 0.2) is 0 Å². The molecule has 0 bridgehead atoms. The summed E-state index contributed by atoms with van der Waals surface area (Å²) >= 11 is 0. The lowest BCUT2D eigenvalue weighted by Gasteiger charge is -2.40. The van der Waals surface area contributed by atoms with Gasteiger partial charge in [-0.2, -0.15) is 0 Å². The molecular weight excluding hydrogens is 512 g/mol. The van der Waals surface area contributed by atoms with E-state index in [1.165, 1.54) is 0 Å². The summed E-state index contributed by atoms with van der Waals surface area (Å²) in [5.41, 5.74) is 5.75. The molecule has 8 nitrogen and oxygen atoms in total. The van der Waals surface area contributed by atoms with Crippen molar-refractivity contribution in [2.45, 2.75) is 104 Å². The molecule has 0 radical (unpaired) electrons. The van der Waals surface area contributed by atoms with Gasteiger partial charge in [-0.05, 0) is 79.9 Å². The number of nitrogens with one attached hydrogen (secondary N) is 1. The molecule has 0 fully saturated rings. The maximum atomic E-state index is 13.9. The van der Waals surface area contributed by atoms with Crippen molar-refractivity contribution in [3.05, 3.63) is 71.8 Å². The molecular formula is C30H46N2O6Si. The fraction of sp³-hybridized carbons (Fsp3) is 0.533. The van der Waals surface area contributed by atoms with Crippen molar-refractivity contribution in [1.82, 2.24) is 5.32 Å². The number of carbonyl (C=O) groups is 2. The molecule has 2 atom stereocenters. The first-order chi connectivity index (χ1) is 17.9. The predicted molar refractivity (Wildman–Crippen MR) is 155 cm³/mol. The van der Waals surface area contributed by atoms with Crippen molar-refractivity contribution in [2.75, 3.05) is 0 Å². The molecule has 2 aromatic carbocycles. The molecule has 0 spiro atoms. The summed E-state index contributed by atoms with van der Waals surface area (Å²) in [5, 5.41) is 2.81. The average molecular weight is 559 g/mol. The van der Waals surface area contributed by atoms with E-state index in [1.807, 2.05) is 123 Å². The van der Waals surface area contributed by atoms with Crippen LogP contribution in [-0.4, -0.2) is 49.8 Å². The number of amides is 1. The molecule has 0 aliphatic rings. The number of carbonyl (C=O) groups excluding carboxylic acids is 2. The second kappa shape index (κ2) is 13.2. The molecule has 0 saturated heterocycles. The molecule has 2 aromatic rings. The summed E-state index contributed by atoms with van der Waals surface area (Å²) in [6.07, 6.45) is 0.514. The monoisotopic (exact) mass is 558 g/mol. The largest absolute Gasteiger partial charge is 0.752 e. The maximum absolute atomic E-state index is 13.9. The van der Waals surface area contributed by atoms with Gasteiger partial charge in [0, 0.05) is 6.42 Å². The first-order valence-electron chi connectivity index (χ1n) is 13.3. The highest BCUT2D eigenvalue weighted by molar-refractivity contribution is 6.56. The van der Waals surface area contributed by atoms with Gasteiger partial charge in [0.2, 0.25) is 5.91 Å². The molecule has 0 aromatic heterocycles. The molecule has 1 amide bonds. The summed E-state index contributed by atoms with van der Waals surface area (Å²) in [5.74, 6) is -1.18. The Morgan fingerprint density at radius 1 is 0.718 bits per heavy atom. The number of hydrogen-bond donors (Lipinski definition) is 2. The minimum atomic E-state index is -4.12. The van der Waals surface area contributed by atoms with E-state index in [2.05, 4.69) is 5.32 Å². The Hall–Kier alpha value is -2.56. The van der Waals surface area contributed by atoms with E-state index in [0.717, 1.165) is 11.1 Å². The van der Waals surface area contributed by atoms with Crippen LogP contribution in [0, 0.1) is 0 Å². The highest BCUT2D eigenvalue weighted by Crippen LogP contribution is 2.30. The Morgan fingerprint density at radius 2 is 1.10 bits per heavy atom. The third-order valence-electron chi connectivity index (χ3n) is 5.04. The van der Waals surface area contributed by atoms with Crippen molar-refractivity contribution in [2.24, 2.45) is 5.73 Å². The van der Waals surface area contributed by atoms with Gasteiger partial charge in [0.1, 0.15) is 6.04 Å². The number of hydrogen-bond acceptors (Lipinski definition) is 7. The zero-order chi connectivity index (χ0) is 29.5. The Labute approximate surface area is 235 Å². The summed E-state index contributed by atoms with van der Waals surface area (Å²) in [7, 11) is -4.12. The van der Waals surface area contributed by atoms with E-state index < -0.39 is 49.8 Å². The normalized spacial score (nSPS) is 14.4. The molecule has 216 valence electrons. The standard InChI is InChI=1S/C30H46N2O6Si/c1-28(2,3)36-39(37-29(4,5)6,38-30(7,8)9)35-27(34)25(21-23-18-14-11-15-19-23)32-26(33)24(31)20-22-16-12-10-13-17-22/h10-19,24-25H,20-21,31H2,1-9H3,(H,32,33)/t24-,25-/m0/s1. The zero-order valence-corrected chi connectivity index (χ0v) is 25.9. The van der Waals surface area contributed by atoms with Gasteiger partial charge in [-0.25, -0.2) is 0 Å². The first kappa shape index (κ1) is 32.6. The molecule has 0 unspecified atom stereocenters. The number of rotatable bonds is 11. The van der Waals surface area contributed by atoms with E-state index in [0.29, 0.717) is 6.42 Å². The van der Waals surface area contributed by atoms with Crippen LogP contribution in [-0.2, 0) is 40.1 Å². The van der Waals surface area contributed by atoms with Gasteiger partial charge in [-0.15, -0.1) is 0 Å². The average Bonchev–Trinajstić information content (AvgIpc) is 2.76. The van der Waals surface area contributed by atoms with Crippen LogP contribution in [0.1, 0.15) is 73.4 Å². The Kier molecular flexibility index (Phi) is 11.0. The van der Waals surface area contributed by atoms with Gasteiger partial charge < -0.3 is 28.8 Å². The Morgan fingerprint density at radius 3 is 1.49 bits per heavy atom. The van der Waals surface area contributed by atoms with E-state index in [-0.39, 0.29) is 6.42 Å². The molecule has 0 heterocycles. The SMILES string of the molecule is CC(C)(C)O[Si](OC(=O)[C@H](Cc1ccccc1)NC(=O)[C@@H](N)Cc1ccccc1)(OC(C)(C)C)OC(C)(C)C. The first-order valence-corrected chi connectivity index (χ1v) is 15.0.